The van der Waals surface area contributed by atoms with Crippen LogP contribution >= 0.6 is 0 Å². The summed E-state index contributed by atoms with van der Waals surface area (Å²) in [7, 11) is 0. The minimum Gasteiger partial charge on any atom is -0.297 e. The second-order valence-corrected chi connectivity index (χ2v) is 1.49. The van der Waals surface area contributed by atoms with Crippen LogP contribution in [0.25, 0.3) is 0 Å². The summed E-state index contributed by atoms with van der Waals surface area (Å²) in [5, 5.41) is 3.12. The van der Waals surface area contributed by atoms with E-state index < -0.39 is 0 Å². The smallest absolute Gasteiger partial charge is 0.258 e. The number of carbonyl (C=O) groups excluding carboxylic acids is 1. The third kappa shape index (κ3) is 5.18. The van der Waals surface area contributed by atoms with Crippen molar-refractivity contribution >= 4 is 6.08 Å². The summed E-state index contributed by atoms with van der Waals surface area (Å²) in [4.78, 5) is 9.36. The van der Waals surface area contributed by atoms with Crippen LogP contribution in [0, 0.1) is 0 Å². The van der Waals surface area contributed by atoms with Crippen molar-refractivity contribution in [2.24, 2.45) is 5.10 Å². The predicted octanol–water partition coefficient (Wildman–Crippen LogP) is 0.235. The largest absolute Gasteiger partial charge is 0.297 e. The van der Waals surface area contributed by atoms with Crippen LogP contribution < -0.4 is 5.43 Å². The van der Waals surface area contributed by atoms with Gasteiger partial charge in [-0.05, 0) is 13.8 Å². The molecule has 0 aliphatic heterocycles. The van der Waals surface area contributed by atoms with E-state index in [9.17, 15) is 4.79 Å². The fraction of sp³-hybridized carbons (Fsp3) is 0.750. The Morgan fingerprint density at radius 2 is 2.29 bits per heavy atom. The molecule has 1 N–H and O–H groups in total. The standard InChI is InChI=1S/C4H8N2O/c1-4(2)6-5-3-7/h4,6H,1-2H3. The Hall–Kier alpha value is -0.820. The van der Waals surface area contributed by atoms with Gasteiger partial charge in [0.15, 0.2) is 0 Å². The number of nitrogens with one attached hydrogen (secondary N) is 1. The molecule has 0 radical (unpaired) electrons. The van der Waals surface area contributed by atoms with Gasteiger partial charge in [0.1, 0.15) is 0 Å². The molecule has 0 spiro atoms. The molecule has 0 aromatic heterocycles. The van der Waals surface area contributed by atoms with Gasteiger partial charge in [-0.3, -0.25) is 5.43 Å². The highest BCUT2D eigenvalue weighted by Gasteiger charge is 1.81. The number of isocyanates is 1. The second kappa shape index (κ2) is 3.37. The van der Waals surface area contributed by atoms with Crippen molar-refractivity contribution in [3.05, 3.63) is 0 Å². The molecule has 0 saturated heterocycles. The van der Waals surface area contributed by atoms with E-state index in [0.717, 1.165) is 0 Å². The molecule has 0 saturated carbocycles. The molecule has 0 aliphatic carbocycles. The maximum Gasteiger partial charge on any atom is 0.258 e. The Kier molecular flexibility index (Phi) is 2.98. The van der Waals surface area contributed by atoms with Gasteiger partial charge in [-0.25, -0.2) is 4.79 Å². The molecule has 0 unspecified atom stereocenters. The summed E-state index contributed by atoms with van der Waals surface area (Å²) in [5.41, 5.74) is 2.50. The van der Waals surface area contributed by atoms with Crippen molar-refractivity contribution in [1.82, 2.24) is 5.43 Å². The van der Waals surface area contributed by atoms with Crippen molar-refractivity contribution in [2.45, 2.75) is 19.9 Å². The first-order valence-electron chi connectivity index (χ1n) is 2.09. The number of rotatable bonds is 2. The molecule has 0 aromatic carbocycles. The number of hydrogen-bond donors (Lipinski definition) is 1. The van der Waals surface area contributed by atoms with Gasteiger partial charge in [-0.15, -0.1) is 0 Å². The van der Waals surface area contributed by atoms with E-state index in [1.54, 1.807) is 0 Å². The van der Waals surface area contributed by atoms with Crippen LogP contribution in [0.15, 0.2) is 5.10 Å². The van der Waals surface area contributed by atoms with Gasteiger partial charge in [-0.2, -0.15) is 0 Å². The van der Waals surface area contributed by atoms with E-state index in [1.165, 1.54) is 6.08 Å². The summed E-state index contributed by atoms with van der Waals surface area (Å²) in [6.07, 6.45) is 1.36. The molecule has 0 rings (SSSR count). The van der Waals surface area contributed by atoms with E-state index in [2.05, 4.69) is 10.5 Å². The summed E-state index contributed by atoms with van der Waals surface area (Å²) < 4.78 is 0. The molecular formula is C4H8N2O. The topological polar surface area (TPSA) is 41.5 Å². The monoisotopic (exact) mass is 100 g/mol. The normalized spacial score (nSPS) is 7.86. The average molecular weight is 100 g/mol. The first-order chi connectivity index (χ1) is 3.27. The Balaban J connectivity index is 3.13. The molecule has 0 bridgehead atoms. The maximum absolute atomic E-state index is 9.36. The second-order valence-electron chi connectivity index (χ2n) is 1.49. The summed E-state index contributed by atoms with van der Waals surface area (Å²) >= 11 is 0. The third-order valence-corrected chi connectivity index (χ3v) is 0.368. The lowest BCUT2D eigenvalue weighted by Gasteiger charge is -1.96. The highest BCUT2D eigenvalue weighted by molar-refractivity contribution is 5.32. The fourth-order valence-corrected chi connectivity index (χ4v) is 0.155. The summed E-state index contributed by atoms with van der Waals surface area (Å²) in [6, 6.07) is 0.224. The van der Waals surface area contributed by atoms with Crippen LogP contribution in [-0.4, -0.2) is 12.1 Å². The van der Waals surface area contributed by atoms with Crippen molar-refractivity contribution < 1.29 is 4.79 Å². The van der Waals surface area contributed by atoms with Gasteiger partial charge in [0.05, 0.1) is 0 Å². The van der Waals surface area contributed by atoms with E-state index in [0.29, 0.717) is 0 Å². The molecule has 3 heteroatoms. The molecule has 0 heterocycles. The third-order valence-electron chi connectivity index (χ3n) is 0.368. The molecular weight excluding hydrogens is 92.1 g/mol. The lowest BCUT2D eigenvalue weighted by Crippen LogP contribution is -2.14. The molecule has 0 aromatic rings. The van der Waals surface area contributed by atoms with Crippen LogP contribution in [0.4, 0.5) is 0 Å². The molecule has 0 amide bonds. The van der Waals surface area contributed by atoms with Gasteiger partial charge in [0.25, 0.3) is 6.08 Å². The van der Waals surface area contributed by atoms with Gasteiger partial charge >= 0.3 is 0 Å². The van der Waals surface area contributed by atoms with Crippen molar-refractivity contribution in [3.8, 4) is 0 Å². The zero-order valence-electron chi connectivity index (χ0n) is 4.43. The Morgan fingerprint density at radius 3 is 2.43 bits per heavy atom. The van der Waals surface area contributed by atoms with E-state index >= 15 is 0 Å². The maximum atomic E-state index is 9.36. The number of hydrogen-bond acceptors (Lipinski definition) is 3. The van der Waals surface area contributed by atoms with E-state index in [1.807, 2.05) is 13.8 Å². The fourth-order valence-electron chi connectivity index (χ4n) is 0.155. The molecule has 0 aliphatic rings. The van der Waals surface area contributed by atoms with Crippen LogP contribution in [0.5, 0.6) is 0 Å². The molecule has 40 valence electrons. The number of hydrazone groups is 1. The lowest BCUT2D eigenvalue weighted by molar-refractivity contribution is 0.547. The molecule has 0 fully saturated rings. The van der Waals surface area contributed by atoms with E-state index in [4.69, 9.17) is 0 Å². The Morgan fingerprint density at radius 1 is 1.71 bits per heavy atom. The predicted molar refractivity (Wildman–Crippen MR) is 26.4 cm³/mol. The van der Waals surface area contributed by atoms with Gasteiger partial charge < -0.3 is 0 Å². The van der Waals surface area contributed by atoms with Crippen LogP contribution in [0.3, 0.4) is 0 Å². The molecule has 3 nitrogen and oxygen atoms in total. The molecule has 0 atom stereocenters. The summed E-state index contributed by atoms with van der Waals surface area (Å²) in [5.74, 6) is 0. The lowest BCUT2D eigenvalue weighted by atomic mass is 10.4. The van der Waals surface area contributed by atoms with Gasteiger partial charge in [0.2, 0.25) is 0 Å². The number of nitrogens with zero attached hydrogens (tertiary/aromatic N) is 1. The van der Waals surface area contributed by atoms with Crippen LogP contribution in [0.1, 0.15) is 13.8 Å². The SMILES string of the molecule is CC(C)NN=C=O. The Bertz CT molecular complexity index is 83.7. The van der Waals surface area contributed by atoms with Crippen molar-refractivity contribution in [1.29, 1.82) is 0 Å². The highest BCUT2D eigenvalue weighted by Crippen LogP contribution is 1.71. The molecule has 7 heavy (non-hydrogen) atoms. The zero-order chi connectivity index (χ0) is 5.70. The minimum absolute atomic E-state index is 0.224. The zero-order valence-corrected chi connectivity index (χ0v) is 4.43. The van der Waals surface area contributed by atoms with Gasteiger partial charge in [0, 0.05) is 6.04 Å². The summed E-state index contributed by atoms with van der Waals surface area (Å²) in [6.45, 7) is 3.78. The van der Waals surface area contributed by atoms with Crippen molar-refractivity contribution in [3.63, 3.8) is 0 Å². The highest BCUT2D eigenvalue weighted by atomic mass is 16.1. The minimum atomic E-state index is 0.224. The average Bonchev–Trinajstić information content (AvgIpc) is 1.61. The first kappa shape index (κ1) is 6.18. The van der Waals surface area contributed by atoms with Crippen molar-refractivity contribution in [2.75, 3.05) is 0 Å². The first-order valence-corrected chi connectivity index (χ1v) is 2.09. The van der Waals surface area contributed by atoms with Crippen LogP contribution in [-0.2, 0) is 4.79 Å². The Labute approximate surface area is 42.4 Å². The van der Waals surface area contributed by atoms with Crippen LogP contribution in [0.2, 0.25) is 0 Å². The quantitative estimate of drug-likeness (QED) is 0.306. The van der Waals surface area contributed by atoms with E-state index in [-0.39, 0.29) is 6.04 Å². The van der Waals surface area contributed by atoms with Gasteiger partial charge in [-0.1, -0.05) is 5.10 Å².